The molecule has 3 N–H and O–H groups in total. The van der Waals surface area contributed by atoms with Crippen LogP contribution in [-0.4, -0.2) is 24.7 Å². The Bertz CT molecular complexity index is 490. The minimum Gasteiger partial charge on any atom is -0.489 e. The molecule has 2 atom stereocenters. The SMILES string of the molecule is NNC(=O)C1CCC(COc2c(Br)cc(Br)cc2Br)O1. The maximum absolute atomic E-state index is 11.4. The van der Waals surface area contributed by atoms with Crippen LogP contribution in [0.2, 0.25) is 0 Å². The minimum absolute atomic E-state index is 0.111. The van der Waals surface area contributed by atoms with Gasteiger partial charge >= 0.3 is 0 Å². The van der Waals surface area contributed by atoms with E-state index in [1.54, 1.807) is 0 Å². The molecule has 1 aromatic rings. The molecule has 0 aromatic heterocycles. The second kappa shape index (κ2) is 7.22. The summed E-state index contributed by atoms with van der Waals surface area (Å²) in [7, 11) is 0. The summed E-state index contributed by atoms with van der Waals surface area (Å²) < 4.78 is 14.0. The second-order valence-electron chi connectivity index (χ2n) is 4.34. The Morgan fingerprint density at radius 3 is 2.60 bits per heavy atom. The molecule has 8 heteroatoms. The van der Waals surface area contributed by atoms with Gasteiger partial charge in [-0.1, -0.05) is 15.9 Å². The average Bonchev–Trinajstić information content (AvgIpc) is 2.85. The van der Waals surface area contributed by atoms with Crippen LogP contribution < -0.4 is 16.0 Å². The van der Waals surface area contributed by atoms with Crippen LogP contribution in [0, 0.1) is 0 Å². The Labute approximate surface area is 141 Å². The number of carbonyl (C=O) groups excluding carboxylic acids is 1. The zero-order chi connectivity index (χ0) is 14.7. The third-order valence-corrected chi connectivity index (χ3v) is 4.55. The highest BCUT2D eigenvalue weighted by atomic mass is 79.9. The number of nitrogens with one attached hydrogen (secondary N) is 1. The summed E-state index contributed by atoms with van der Waals surface area (Å²) in [5.41, 5.74) is 2.10. The Kier molecular flexibility index (Phi) is 5.85. The van der Waals surface area contributed by atoms with Crippen molar-refractivity contribution in [3.05, 3.63) is 25.6 Å². The Morgan fingerprint density at radius 1 is 1.35 bits per heavy atom. The number of hydrazine groups is 1. The summed E-state index contributed by atoms with van der Waals surface area (Å²) >= 11 is 10.3. The standard InChI is InChI=1S/C12H13Br3N2O3/c13-6-3-8(14)11(9(15)4-6)19-5-7-1-2-10(20-7)12(18)17-16/h3-4,7,10H,1-2,5,16H2,(H,17,18). The van der Waals surface area contributed by atoms with Crippen molar-refractivity contribution in [2.24, 2.45) is 5.84 Å². The molecule has 0 radical (unpaired) electrons. The molecule has 0 bridgehead atoms. The van der Waals surface area contributed by atoms with Crippen molar-refractivity contribution < 1.29 is 14.3 Å². The first-order valence-corrected chi connectivity index (χ1v) is 8.32. The lowest BCUT2D eigenvalue weighted by Gasteiger charge is -2.15. The first kappa shape index (κ1) is 16.2. The highest BCUT2D eigenvalue weighted by Gasteiger charge is 2.30. The number of carbonyl (C=O) groups is 1. The lowest BCUT2D eigenvalue weighted by Crippen LogP contribution is -2.39. The van der Waals surface area contributed by atoms with Gasteiger partial charge in [0.2, 0.25) is 0 Å². The van der Waals surface area contributed by atoms with Gasteiger partial charge in [0.1, 0.15) is 18.5 Å². The second-order valence-corrected chi connectivity index (χ2v) is 6.97. The molecule has 2 unspecified atom stereocenters. The summed E-state index contributed by atoms with van der Waals surface area (Å²) in [5.74, 6) is 5.51. The van der Waals surface area contributed by atoms with Crippen LogP contribution in [0.5, 0.6) is 5.75 Å². The van der Waals surface area contributed by atoms with Crippen LogP contribution in [-0.2, 0) is 9.53 Å². The molecular formula is C12H13Br3N2O3. The van der Waals surface area contributed by atoms with E-state index in [2.05, 4.69) is 53.2 Å². The van der Waals surface area contributed by atoms with Crippen molar-refractivity contribution in [1.29, 1.82) is 0 Å². The molecule has 0 spiro atoms. The zero-order valence-electron chi connectivity index (χ0n) is 10.4. The number of amides is 1. The normalized spacial score (nSPS) is 21.8. The fourth-order valence-corrected chi connectivity index (χ4v) is 4.44. The molecule has 0 aliphatic carbocycles. The van der Waals surface area contributed by atoms with E-state index in [4.69, 9.17) is 15.3 Å². The van der Waals surface area contributed by atoms with Gasteiger partial charge in [-0.05, 0) is 56.8 Å². The van der Waals surface area contributed by atoms with Crippen LogP contribution >= 0.6 is 47.8 Å². The zero-order valence-corrected chi connectivity index (χ0v) is 15.1. The quantitative estimate of drug-likeness (QED) is 0.401. The molecule has 1 aromatic carbocycles. The van der Waals surface area contributed by atoms with E-state index in [1.165, 1.54) is 0 Å². The molecule has 1 amide bonds. The number of benzene rings is 1. The number of hydrogen-bond acceptors (Lipinski definition) is 4. The van der Waals surface area contributed by atoms with Gasteiger partial charge in [-0.15, -0.1) is 0 Å². The van der Waals surface area contributed by atoms with E-state index < -0.39 is 6.10 Å². The Balaban J connectivity index is 1.92. The maximum Gasteiger partial charge on any atom is 0.263 e. The van der Waals surface area contributed by atoms with Crippen molar-refractivity contribution in [3.8, 4) is 5.75 Å². The summed E-state index contributed by atoms with van der Waals surface area (Å²) in [6, 6.07) is 3.81. The number of nitrogens with two attached hydrogens (primary N) is 1. The molecule has 1 fully saturated rings. The van der Waals surface area contributed by atoms with Crippen LogP contribution in [0.1, 0.15) is 12.8 Å². The summed E-state index contributed by atoms with van der Waals surface area (Å²) in [6.07, 6.45) is 0.828. The molecule has 110 valence electrons. The summed E-state index contributed by atoms with van der Waals surface area (Å²) in [5, 5.41) is 0. The number of rotatable bonds is 4. The van der Waals surface area contributed by atoms with E-state index in [1.807, 2.05) is 12.1 Å². The highest BCUT2D eigenvalue weighted by Crippen LogP contribution is 2.36. The third-order valence-electron chi connectivity index (χ3n) is 2.92. The van der Waals surface area contributed by atoms with Gasteiger partial charge in [-0.25, -0.2) is 5.84 Å². The van der Waals surface area contributed by atoms with Gasteiger partial charge in [0.25, 0.3) is 5.91 Å². The van der Waals surface area contributed by atoms with Gasteiger partial charge in [0, 0.05) is 4.47 Å². The molecule has 2 rings (SSSR count). The van der Waals surface area contributed by atoms with E-state index in [0.717, 1.165) is 19.8 Å². The van der Waals surface area contributed by atoms with E-state index in [-0.39, 0.29) is 12.0 Å². The fourth-order valence-electron chi connectivity index (χ4n) is 1.96. The van der Waals surface area contributed by atoms with Gasteiger partial charge in [0.05, 0.1) is 15.0 Å². The lowest BCUT2D eigenvalue weighted by molar-refractivity contribution is -0.132. The smallest absolute Gasteiger partial charge is 0.263 e. The van der Waals surface area contributed by atoms with Gasteiger partial charge in [-0.3, -0.25) is 10.2 Å². The molecule has 20 heavy (non-hydrogen) atoms. The Hall–Kier alpha value is -0.150. The molecule has 0 saturated carbocycles. The highest BCUT2D eigenvalue weighted by molar-refractivity contribution is 9.11. The monoisotopic (exact) mass is 470 g/mol. The number of ether oxygens (including phenoxy) is 2. The van der Waals surface area contributed by atoms with Crippen molar-refractivity contribution in [3.63, 3.8) is 0 Å². The first-order valence-electron chi connectivity index (χ1n) is 5.94. The lowest BCUT2D eigenvalue weighted by atomic mass is 10.2. The van der Waals surface area contributed by atoms with Gasteiger partial charge in [0.15, 0.2) is 0 Å². The molecule has 5 nitrogen and oxygen atoms in total. The molecule has 1 aliphatic rings. The molecule has 1 aliphatic heterocycles. The van der Waals surface area contributed by atoms with Gasteiger partial charge in [-0.2, -0.15) is 0 Å². The van der Waals surface area contributed by atoms with E-state index >= 15 is 0 Å². The number of hydrogen-bond donors (Lipinski definition) is 2. The van der Waals surface area contributed by atoms with E-state index in [9.17, 15) is 4.79 Å². The fraction of sp³-hybridized carbons (Fsp3) is 0.417. The van der Waals surface area contributed by atoms with Crippen molar-refractivity contribution >= 4 is 53.7 Å². The molecular weight excluding hydrogens is 460 g/mol. The first-order chi connectivity index (χ1) is 9.51. The van der Waals surface area contributed by atoms with E-state index in [0.29, 0.717) is 18.8 Å². The Morgan fingerprint density at radius 2 is 2.00 bits per heavy atom. The summed E-state index contributed by atoms with van der Waals surface area (Å²) in [6.45, 7) is 0.382. The predicted molar refractivity (Wildman–Crippen MR) is 85.3 cm³/mol. The topological polar surface area (TPSA) is 73.6 Å². The number of halogens is 3. The van der Waals surface area contributed by atoms with Crippen molar-refractivity contribution in [2.45, 2.75) is 25.0 Å². The predicted octanol–water partition coefficient (Wildman–Crippen LogP) is 2.89. The van der Waals surface area contributed by atoms with Crippen LogP contribution in [0.4, 0.5) is 0 Å². The van der Waals surface area contributed by atoms with Gasteiger partial charge < -0.3 is 9.47 Å². The van der Waals surface area contributed by atoms with Crippen LogP contribution in [0.3, 0.4) is 0 Å². The summed E-state index contributed by atoms with van der Waals surface area (Å²) in [4.78, 5) is 11.4. The van der Waals surface area contributed by atoms with Crippen LogP contribution in [0.15, 0.2) is 25.6 Å². The van der Waals surface area contributed by atoms with Crippen LogP contribution in [0.25, 0.3) is 0 Å². The largest absolute Gasteiger partial charge is 0.489 e. The molecule has 1 saturated heterocycles. The maximum atomic E-state index is 11.4. The minimum atomic E-state index is -0.481. The molecule has 1 heterocycles. The average molecular weight is 473 g/mol. The van der Waals surface area contributed by atoms with Crippen molar-refractivity contribution in [1.82, 2.24) is 5.43 Å². The third kappa shape index (κ3) is 3.94. The van der Waals surface area contributed by atoms with Crippen molar-refractivity contribution in [2.75, 3.05) is 6.61 Å².